The second-order valence-electron chi connectivity index (χ2n) is 6.79. The number of amides is 2. The van der Waals surface area contributed by atoms with Crippen molar-refractivity contribution >= 4 is 57.4 Å². The summed E-state index contributed by atoms with van der Waals surface area (Å²) in [6.07, 6.45) is 1.07. The number of rotatable bonds is 6. The summed E-state index contributed by atoms with van der Waals surface area (Å²) in [6.45, 7) is 4.92. The number of nitrogens with one attached hydrogen (secondary N) is 1. The van der Waals surface area contributed by atoms with Crippen molar-refractivity contribution in [3.05, 3.63) is 82.0 Å². The van der Waals surface area contributed by atoms with Crippen molar-refractivity contribution in [2.75, 3.05) is 18.5 Å². The topological polar surface area (TPSA) is 79.4 Å². The first-order valence-electron chi connectivity index (χ1n) is 9.30. The van der Waals surface area contributed by atoms with Crippen LogP contribution in [0.3, 0.4) is 0 Å². The number of fused-ring (bicyclic) bond motifs is 1. The van der Waals surface area contributed by atoms with Crippen molar-refractivity contribution in [3.8, 4) is 0 Å². The predicted octanol–water partition coefficient (Wildman–Crippen LogP) is 4.35. The molecule has 8 heteroatoms. The molecular weight excluding hydrogens is 437 g/mol. The van der Waals surface area contributed by atoms with Crippen molar-refractivity contribution in [2.24, 2.45) is 0 Å². The number of para-hydroxylation sites is 1. The first-order chi connectivity index (χ1) is 14.7. The SMILES string of the molecule is C=CC(=O)NCC(=O)N(C)c1ccc(Cl)c(C(=O)c2cccc3ccc(C)nc23)c1Cl. The molecule has 0 aliphatic rings. The molecule has 0 unspecified atom stereocenters. The van der Waals surface area contributed by atoms with Crippen LogP contribution < -0.4 is 10.2 Å². The van der Waals surface area contributed by atoms with Crippen molar-refractivity contribution < 1.29 is 14.4 Å². The van der Waals surface area contributed by atoms with Gasteiger partial charge in [0.15, 0.2) is 5.78 Å². The Morgan fingerprint density at radius 3 is 2.58 bits per heavy atom. The van der Waals surface area contributed by atoms with Crippen LogP contribution in [-0.4, -0.2) is 36.2 Å². The smallest absolute Gasteiger partial charge is 0.246 e. The minimum atomic E-state index is -0.474. The molecule has 0 aliphatic carbocycles. The molecule has 1 N–H and O–H groups in total. The van der Waals surface area contributed by atoms with E-state index in [-0.39, 0.29) is 27.8 Å². The van der Waals surface area contributed by atoms with Crippen LogP contribution in [0.1, 0.15) is 21.6 Å². The van der Waals surface area contributed by atoms with Gasteiger partial charge in [0, 0.05) is 23.7 Å². The summed E-state index contributed by atoms with van der Waals surface area (Å²) in [5.74, 6) is -1.31. The number of ketones is 1. The van der Waals surface area contributed by atoms with E-state index in [1.807, 2.05) is 25.1 Å². The van der Waals surface area contributed by atoms with Crippen molar-refractivity contribution in [1.82, 2.24) is 10.3 Å². The number of hydrogen-bond acceptors (Lipinski definition) is 4. The van der Waals surface area contributed by atoms with E-state index in [0.717, 1.165) is 17.2 Å². The molecule has 2 aromatic carbocycles. The van der Waals surface area contributed by atoms with Gasteiger partial charge in [-0.1, -0.05) is 48.0 Å². The number of carbonyl (C=O) groups is 3. The Bertz CT molecular complexity index is 1220. The predicted molar refractivity (Wildman–Crippen MR) is 123 cm³/mol. The highest BCUT2D eigenvalue weighted by Crippen LogP contribution is 2.36. The van der Waals surface area contributed by atoms with Gasteiger partial charge in [0.05, 0.1) is 33.4 Å². The van der Waals surface area contributed by atoms with Crippen LogP contribution in [0.4, 0.5) is 5.69 Å². The minimum Gasteiger partial charge on any atom is -0.343 e. The Kier molecular flexibility index (Phi) is 6.73. The summed E-state index contributed by atoms with van der Waals surface area (Å²) in [5, 5.41) is 3.41. The zero-order valence-corrected chi connectivity index (χ0v) is 18.4. The highest BCUT2D eigenvalue weighted by molar-refractivity contribution is 6.43. The van der Waals surface area contributed by atoms with Gasteiger partial charge in [-0.15, -0.1) is 0 Å². The first-order valence-corrected chi connectivity index (χ1v) is 10.1. The number of carbonyl (C=O) groups excluding carboxylic acids is 3. The van der Waals surface area contributed by atoms with Crippen LogP contribution in [-0.2, 0) is 9.59 Å². The van der Waals surface area contributed by atoms with E-state index in [4.69, 9.17) is 23.2 Å². The lowest BCUT2D eigenvalue weighted by Gasteiger charge is -2.21. The lowest BCUT2D eigenvalue weighted by atomic mass is 9.99. The van der Waals surface area contributed by atoms with Gasteiger partial charge in [0.25, 0.3) is 0 Å². The molecule has 1 aromatic heterocycles. The molecule has 0 atom stereocenters. The van der Waals surface area contributed by atoms with Crippen molar-refractivity contribution in [3.63, 3.8) is 0 Å². The van der Waals surface area contributed by atoms with E-state index in [2.05, 4.69) is 16.9 Å². The summed E-state index contributed by atoms with van der Waals surface area (Å²) in [4.78, 5) is 43.0. The molecule has 31 heavy (non-hydrogen) atoms. The summed E-state index contributed by atoms with van der Waals surface area (Å²) in [6, 6.07) is 12.1. The van der Waals surface area contributed by atoms with Crippen molar-refractivity contribution in [2.45, 2.75) is 6.92 Å². The molecule has 0 saturated heterocycles. The molecule has 0 spiro atoms. The average molecular weight is 456 g/mol. The zero-order valence-electron chi connectivity index (χ0n) is 16.9. The second-order valence-corrected chi connectivity index (χ2v) is 7.57. The number of pyridine rings is 1. The van der Waals surface area contributed by atoms with Gasteiger partial charge in [-0.25, -0.2) is 0 Å². The number of benzene rings is 2. The average Bonchev–Trinajstić information content (AvgIpc) is 2.76. The van der Waals surface area contributed by atoms with E-state index < -0.39 is 17.6 Å². The van der Waals surface area contributed by atoms with Crippen LogP contribution in [0.25, 0.3) is 10.9 Å². The molecule has 0 radical (unpaired) electrons. The number of halogens is 2. The standard InChI is InChI=1S/C23H19Cl2N3O3/c1-4-18(29)26-12-19(30)28(3)17-11-10-16(24)20(21(17)25)23(31)15-7-5-6-14-9-8-13(2)27-22(14)15/h4-11H,1,12H2,2-3H3,(H,26,29). The number of anilines is 1. The van der Waals surface area contributed by atoms with E-state index in [9.17, 15) is 14.4 Å². The Labute approximate surface area is 189 Å². The van der Waals surface area contributed by atoms with Gasteiger partial charge in [-0.3, -0.25) is 19.4 Å². The Balaban J connectivity index is 2.02. The lowest BCUT2D eigenvalue weighted by Crippen LogP contribution is -2.37. The van der Waals surface area contributed by atoms with Crippen LogP contribution >= 0.6 is 23.2 Å². The molecule has 3 aromatic rings. The number of aromatic nitrogens is 1. The molecule has 0 fully saturated rings. The maximum atomic E-state index is 13.4. The highest BCUT2D eigenvalue weighted by atomic mass is 35.5. The van der Waals surface area contributed by atoms with Gasteiger partial charge in [-0.05, 0) is 37.3 Å². The van der Waals surface area contributed by atoms with E-state index >= 15 is 0 Å². The maximum absolute atomic E-state index is 13.4. The van der Waals surface area contributed by atoms with E-state index in [0.29, 0.717) is 11.1 Å². The largest absolute Gasteiger partial charge is 0.343 e. The number of aryl methyl sites for hydroxylation is 1. The third-order valence-electron chi connectivity index (χ3n) is 4.74. The third-order valence-corrected chi connectivity index (χ3v) is 5.43. The second kappa shape index (κ2) is 9.29. The molecule has 2 amide bonds. The van der Waals surface area contributed by atoms with Crippen LogP contribution in [0.2, 0.25) is 10.0 Å². The Hall–Kier alpha value is -3.22. The first kappa shape index (κ1) is 22.5. The zero-order chi connectivity index (χ0) is 22.7. The number of likely N-dealkylation sites (N-methyl/N-ethyl adjacent to an activating group) is 1. The van der Waals surface area contributed by atoms with Gasteiger partial charge >= 0.3 is 0 Å². The van der Waals surface area contributed by atoms with E-state index in [1.54, 1.807) is 18.2 Å². The summed E-state index contributed by atoms with van der Waals surface area (Å²) < 4.78 is 0. The van der Waals surface area contributed by atoms with Crippen molar-refractivity contribution in [1.29, 1.82) is 0 Å². The van der Waals surface area contributed by atoms with Crippen LogP contribution in [0.5, 0.6) is 0 Å². The summed E-state index contributed by atoms with van der Waals surface area (Å²) >= 11 is 12.9. The fourth-order valence-electron chi connectivity index (χ4n) is 3.06. The van der Waals surface area contributed by atoms with Gasteiger partial charge in [0.1, 0.15) is 0 Å². The highest BCUT2D eigenvalue weighted by Gasteiger charge is 2.24. The number of hydrogen-bond donors (Lipinski definition) is 1. The summed E-state index contributed by atoms with van der Waals surface area (Å²) in [5.41, 5.74) is 2.03. The fraction of sp³-hybridized carbons (Fsp3) is 0.130. The van der Waals surface area contributed by atoms with Crippen LogP contribution in [0, 0.1) is 6.92 Å². The third kappa shape index (κ3) is 4.60. The van der Waals surface area contributed by atoms with Crippen LogP contribution in [0.15, 0.2) is 55.1 Å². The summed E-state index contributed by atoms with van der Waals surface area (Å²) in [7, 11) is 1.49. The van der Waals surface area contributed by atoms with E-state index in [1.165, 1.54) is 18.0 Å². The Morgan fingerprint density at radius 2 is 1.87 bits per heavy atom. The lowest BCUT2D eigenvalue weighted by molar-refractivity contribution is -0.122. The van der Waals surface area contributed by atoms with Gasteiger partial charge in [0.2, 0.25) is 11.8 Å². The van der Waals surface area contributed by atoms with Gasteiger partial charge < -0.3 is 10.2 Å². The normalized spacial score (nSPS) is 10.6. The molecular formula is C23H19Cl2N3O3. The molecule has 158 valence electrons. The molecule has 6 nitrogen and oxygen atoms in total. The Morgan fingerprint density at radius 1 is 1.13 bits per heavy atom. The van der Waals surface area contributed by atoms with Gasteiger partial charge in [-0.2, -0.15) is 0 Å². The maximum Gasteiger partial charge on any atom is 0.246 e. The monoisotopic (exact) mass is 455 g/mol. The quantitative estimate of drug-likeness (QED) is 0.442. The number of nitrogens with zero attached hydrogens (tertiary/aromatic N) is 2. The minimum absolute atomic E-state index is 0.0352. The fourth-order valence-corrected chi connectivity index (χ4v) is 3.73. The molecule has 0 aliphatic heterocycles. The molecule has 1 heterocycles. The molecule has 0 saturated carbocycles. The molecule has 0 bridgehead atoms. The molecule has 3 rings (SSSR count).